The third-order valence-corrected chi connectivity index (χ3v) is 2.76. The third kappa shape index (κ3) is 6.53. The lowest BCUT2D eigenvalue weighted by Gasteiger charge is -2.06. The van der Waals surface area contributed by atoms with Gasteiger partial charge >= 0.3 is 5.97 Å². The smallest absolute Gasteiger partial charge is 0.312 e. The van der Waals surface area contributed by atoms with E-state index in [0.717, 1.165) is 11.8 Å². The molecule has 0 saturated carbocycles. The van der Waals surface area contributed by atoms with E-state index >= 15 is 0 Å². The fraction of sp³-hybridized carbons (Fsp3) is 0.273. The normalized spacial score (nSPS) is 11.0. The number of amides is 1. The van der Waals surface area contributed by atoms with Crippen LogP contribution in [0.2, 0.25) is 0 Å². The summed E-state index contributed by atoms with van der Waals surface area (Å²) in [5, 5.41) is 10.8. The van der Waals surface area contributed by atoms with Gasteiger partial charge in [0.15, 0.2) is 0 Å². The Morgan fingerprint density at radius 1 is 1.21 bits per heavy atom. The predicted octanol–water partition coefficient (Wildman–Crippen LogP) is 0.149. The monoisotopic (exact) mass is 286 g/mol. The van der Waals surface area contributed by atoms with Crippen molar-refractivity contribution in [3.8, 4) is 0 Å². The van der Waals surface area contributed by atoms with Crippen LogP contribution < -0.4 is 10.0 Å². The minimum atomic E-state index is -3.25. The van der Waals surface area contributed by atoms with Crippen LogP contribution >= 0.6 is 0 Å². The highest BCUT2D eigenvalue weighted by molar-refractivity contribution is 7.88. The number of rotatable bonds is 6. The number of benzene rings is 1. The van der Waals surface area contributed by atoms with E-state index in [1.807, 2.05) is 0 Å². The molecular formula is C11H14N2O5S. The molecule has 0 aliphatic rings. The van der Waals surface area contributed by atoms with Gasteiger partial charge in [-0.3, -0.25) is 9.59 Å². The number of hydrogen-bond donors (Lipinski definition) is 3. The minimum absolute atomic E-state index is 0.155. The van der Waals surface area contributed by atoms with Crippen molar-refractivity contribution in [1.29, 1.82) is 0 Å². The zero-order valence-corrected chi connectivity index (χ0v) is 11.0. The van der Waals surface area contributed by atoms with Crippen LogP contribution in [-0.2, 0) is 26.2 Å². The summed E-state index contributed by atoms with van der Waals surface area (Å²) in [6.07, 6.45) is 0.463. The van der Waals surface area contributed by atoms with Gasteiger partial charge in [0.05, 0.1) is 6.26 Å². The summed E-state index contributed by atoms with van der Waals surface area (Å²) in [4.78, 5) is 21.5. The summed E-state index contributed by atoms with van der Waals surface area (Å²) in [5.74, 6) is -1.82. The number of hydrogen-bond acceptors (Lipinski definition) is 4. The number of carbonyl (C=O) groups excluding carboxylic acids is 1. The molecule has 0 aliphatic carbocycles. The Hall–Kier alpha value is -1.93. The molecule has 1 aromatic rings. The van der Waals surface area contributed by atoms with Gasteiger partial charge in [-0.2, -0.15) is 0 Å². The maximum Gasteiger partial charge on any atom is 0.312 e. The van der Waals surface area contributed by atoms with Crippen molar-refractivity contribution >= 4 is 27.6 Å². The van der Waals surface area contributed by atoms with E-state index in [4.69, 9.17) is 5.11 Å². The van der Waals surface area contributed by atoms with E-state index in [9.17, 15) is 18.0 Å². The third-order valence-electron chi connectivity index (χ3n) is 2.09. The minimum Gasteiger partial charge on any atom is -0.481 e. The molecule has 0 unspecified atom stereocenters. The molecule has 104 valence electrons. The van der Waals surface area contributed by atoms with Gasteiger partial charge in [-0.15, -0.1) is 0 Å². The number of nitrogens with one attached hydrogen (secondary N) is 2. The molecule has 19 heavy (non-hydrogen) atoms. The van der Waals surface area contributed by atoms with Gasteiger partial charge in [-0.1, -0.05) is 12.1 Å². The first kappa shape index (κ1) is 15.1. The van der Waals surface area contributed by atoms with Crippen molar-refractivity contribution in [3.05, 3.63) is 29.8 Å². The second-order valence-corrected chi connectivity index (χ2v) is 5.74. The van der Waals surface area contributed by atoms with E-state index in [2.05, 4.69) is 10.0 Å². The van der Waals surface area contributed by atoms with E-state index in [0.29, 0.717) is 5.69 Å². The summed E-state index contributed by atoms with van der Waals surface area (Å²) >= 11 is 0. The molecule has 3 N–H and O–H groups in total. The van der Waals surface area contributed by atoms with E-state index in [-0.39, 0.29) is 6.54 Å². The number of sulfonamides is 1. The molecule has 0 saturated heterocycles. The van der Waals surface area contributed by atoms with Crippen LogP contribution in [0.1, 0.15) is 12.0 Å². The van der Waals surface area contributed by atoms with Crippen LogP contribution in [0.15, 0.2) is 24.3 Å². The predicted molar refractivity (Wildman–Crippen MR) is 69.0 cm³/mol. The quantitative estimate of drug-likeness (QED) is 0.644. The van der Waals surface area contributed by atoms with Crippen LogP contribution in [0.3, 0.4) is 0 Å². The van der Waals surface area contributed by atoms with Crippen molar-refractivity contribution in [2.75, 3.05) is 11.6 Å². The largest absolute Gasteiger partial charge is 0.481 e. The molecule has 0 aromatic heterocycles. The molecule has 1 rings (SSSR count). The maximum absolute atomic E-state index is 11.2. The summed E-state index contributed by atoms with van der Waals surface area (Å²) < 4.78 is 24.1. The molecule has 0 bridgehead atoms. The lowest BCUT2D eigenvalue weighted by atomic mass is 10.2. The number of anilines is 1. The number of carbonyl (C=O) groups is 2. The highest BCUT2D eigenvalue weighted by Gasteiger charge is 2.07. The topological polar surface area (TPSA) is 113 Å². The van der Waals surface area contributed by atoms with Crippen LogP contribution in [0.25, 0.3) is 0 Å². The highest BCUT2D eigenvalue weighted by atomic mass is 32.2. The summed E-state index contributed by atoms with van der Waals surface area (Å²) in [7, 11) is -3.25. The molecule has 0 heterocycles. The molecule has 0 spiro atoms. The molecule has 1 aromatic carbocycles. The van der Waals surface area contributed by atoms with Crippen LogP contribution in [0, 0.1) is 0 Å². The first-order chi connectivity index (χ1) is 8.76. The zero-order valence-electron chi connectivity index (χ0n) is 10.2. The van der Waals surface area contributed by atoms with Gasteiger partial charge in [0.1, 0.15) is 6.42 Å². The second kappa shape index (κ2) is 6.30. The SMILES string of the molecule is CS(=O)(=O)NCc1ccc(NC(=O)CC(=O)O)cc1. The standard InChI is InChI=1S/C11H14N2O5S/c1-19(17,18)12-7-8-2-4-9(5-3-8)13-10(14)6-11(15)16/h2-5,12H,6-7H2,1H3,(H,13,14)(H,15,16). The van der Waals surface area contributed by atoms with Gasteiger partial charge < -0.3 is 10.4 Å². The Kier molecular flexibility index (Phi) is 5.02. The second-order valence-electron chi connectivity index (χ2n) is 3.91. The molecular weight excluding hydrogens is 272 g/mol. The van der Waals surface area contributed by atoms with Gasteiger partial charge in [0.25, 0.3) is 0 Å². The van der Waals surface area contributed by atoms with Crippen LogP contribution in [-0.4, -0.2) is 31.7 Å². The highest BCUT2D eigenvalue weighted by Crippen LogP contribution is 2.10. The Balaban J connectivity index is 2.56. The average Bonchev–Trinajstić information content (AvgIpc) is 2.26. The Morgan fingerprint density at radius 2 is 1.79 bits per heavy atom. The van der Waals surface area contributed by atoms with Gasteiger partial charge in [-0.25, -0.2) is 13.1 Å². The zero-order chi connectivity index (χ0) is 14.5. The van der Waals surface area contributed by atoms with Gasteiger partial charge in [0.2, 0.25) is 15.9 Å². The molecule has 7 nitrogen and oxygen atoms in total. The average molecular weight is 286 g/mol. The lowest BCUT2D eigenvalue weighted by Crippen LogP contribution is -2.21. The number of aliphatic carboxylic acids is 1. The molecule has 8 heteroatoms. The van der Waals surface area contributed by atoms with E-state index in [1.54, 1.807) is 24.3 Å². The summed E-state index contributed by atoms with van der Waals surface area (Å²) in [6.45, 7) is 0.155. The van der Waals surface area contributed by atoms with Gasteiger partial charge in [-0.05, 0) is 17.7 Å². The number of carboxylic acid groups (broad SMARTS) is 1. The molecule has 1 amide bonds. The summed E-state index contributed by atoms with van der Waals surface area (Å²) in [5.41, 5.74) is 1.18. The fourth-order valence-corrected chi connectivity index (χ4v) is 1.69. The first-order valence-corrected chi connectivity index (χ1v) is 7.20. The van der Waals surface area contributed by atoms with Crippen molar-refractivity contribution in [3.63, 3.8) is 0 Å². The Bertz CT molecular complexity index is 565. The van der Waals surface area contributed by atoms with E-state index < -0.39 is 28.3 Å². The van der Waals surface area contributed by atoms with Crippen LogP contribution in [0.5, 0.6) is 0 Å². The van der Waals surface area contributed by atoms with Crippen molar-refractivity contribution < 1.29 is 23.1 Å². The molecule has 0 fully saturated rings. The maximum atomic E-state index is 11.2. The molecule has 0 radical (unpaired) electrons. The Labute approximate surface area is 110 Å². The number of carboxylic acids is 1. The lowest BCUT2D eigenvalue weighted by molar-refractivity contribution is -0.139. The first-order valence-electron chi connectivity index (χ1n) is 5.31. The summed E-state index contributed by atoms with van der Waals surface area (Å²) in [6, 6.07) is 6.40. The van der Waals surface area contributed by atoms with Crippen LogP contribution in [0.4, 0.5) is 5.69 Å². The van der Waals surface area contributed by atoms with Crippen molar-refractivity contribution in [1.82, 2.24) is 4.72 Å². The van der Waals surface area contributed by atoms with Crippen molar-refractivity contribution in [2.24, 2.45) is 0 Å². The Morgan fingerprint density at radius 3 is 2.26 bits per heavy atom. The van der Waals surface area contributed by atoms with Gasteiger partial charge in [0, 0.05) is 12.2 Å². The molecule has 0 aliphatic heterocycles. The fourth-order valence-electron chi connectivity index (χ4n) is 1.26. The van der Waals surface area contributed by atoms with Crippen molar-refractivity contribution in [2.45, 2.75) is 13.0 Å². The molecule has 0 atom stereocenters. The van der Waals surface area contributed by atoms with E-state index in [1.165, 1.54) is 0 Å².